The molecule has 0 unspecified atom stereocenters. The van der Waals surface area contributed by atoms with Gasteiger partial charge < -0.3 is 15.2 Å². The van der Waals surface area contributed by atoms with Crippen LogP contribution in [-0.4, -0.2) is 24.4 Å². The minimum absolute atomic E-state index is 0.0755. The number of ether oxygens (including phenoxy) is 2. The fraction of sp³-hybridized carbons (Fsp3) is 0.333. The van der Waals surface area contributed by atoms with Gasteiger partial charge in [0.25, 0.3) is 0 Å². The molecule has 0 saturated heterocycles. The van der Waals surface area contributed by atoms with Crippen molar-refractivity contribution in [3.63, 3.8) is 0 Å². The summed E-state index contributed by atoms with van der Waals surface area (Å²) in [7, 11) is 1.05. The Morgan fingerprint density at radius 1 is 1.56 bits per heavy atom. The van der Waals surface area contributed by atoms with Crippen LogP contribution in [0.1, 0.15) is 16.1 Å². The van der Waals surface area contributed by atoms with Gasteiger partial charge in [0, 0.05) is 10.1 Å². The van der Waals surface area contributed by atoms with Crippen molar-refractivity contribution in [2.24, 2.45) is 5.73 Å². The maximum Gasteiger partial charge on any atom is 0.574 e. The molecule has 0 aromatic carbocycles. The fourth-order valence-corrected chi connectivity index (χ4v) is 1.75. The zero-order valence-electron chi connectivity index (χ0n) is 9.05. The lowest BCUT2D eigenvalue weighted by molar-refractivity contribution is -0.276. The summed E-state index contributed by atoms with van der Waals surface area (Å²) in [6.45, 7) is -0.0755. The lowest BCUT2D eigenvalue weighted by Gasteiger charge is -2.13. The van der Waals surface area contributed by atoms with E-state index in [0.717, 1.165) is 7.11 Å². The number of nitrogens with two attached hydrogens (primary N) is 1. The molecule has 5 nitrogen and oxygen atoms in total. The summed E-state index contributed by atoms with van der Waals surface area (Å²) in [5.74, 6) is -1.83. The molecule has 2 N–H and O–H groups in total. The normalized spacial score (nSPS) is 11.2. The van der Waals surface area contributed by atoms with Gasteiger partial charge in [0.2, 0.25) is 5.88 Å². The average molecular weight is 376 g/mol. The molecule has 0 aliphatic carbocycles. The van der Waals surface area contributed by atoms with E-state index in [4.69, 9.17) is 5.73 Å². The van der Waals surface area contributed by atoms with Gasteiger partial charge in [0.1, 0.15) is 5.56 Å². The van der Waals surface area contributed by atoms with Gasteiger partial charge in [-0.25, -0.2) is 9.78 Å². The number of carbonyl (C=O) groups is 1. The Balaban J connectivity index is 3.30. The van der Waals surface area contributed by atoms with E-state index in [9.17, 15) is 18.0 Å². The smallest absolute Gasteiger partial charge is 0.465 e. The second kappa shape index (κ2) is 5.69. The Hall–Kier alpha value is -1.10. The number of hydrogen-bond donors (Lipinski definition) is 1. The number of nitrogens with zero attached hydrogens (tertiary/aromatic N) is 1. The first kappa shape index (κ1) is 15.0. The molecule has 0 radical (unpaired) electrons. The van der Waals surface area contributed by atoms with Crippen LogP contribution in [0.5, 0.6) is 5.88 Å². The van der Waals surface area contributed by atoms with Gasteiger partial charge in [-0.05, 0) is 28.7 Å². The van der Waals surface area contributed by atoms with E-state index in [-0.39, 0.29) is 12.2 Å². The number of pyridine rings is 1. The van der Waals surface area contributed by atoms with Crippen LogP contribution in [0, 0.1) is 3.57 Å². The Labute approximate surface area is 114 Å². The number of rotatable bonds is 3. The van der Waals surface area contributed by atoms with E-state index >= 15 is 0 Å². The second-order valence-electron chi connectivity index (χ2n) is 3.01. The molecule has 0 bridgehead atoms. The van der Waals surface area contributed by atoms with Crippen LogP contribution in [0.2, 0.25) is 0 Å². The summed E-state index contributed by atoms with van der Waals surface area (Å²) in [5.41, 5.74) is 5.11. The van der Waals surface area contributed by atoms with Crippen LogP contribution in [0.4, 0.5) is 13.2 Å². The Morgan fingerprint density at radius 2 is 2.17 bits per heavy atom. The van der Waals surface area contributed by atoms with Crippen LogP contribution in [-0.2, 0) is 11.3 Å². The molecule has 1 rings (SSSR count). The number of aromatic nitrogens is 1. The van der Waals surface area contributed by atoms with Gasteiger partial charge in [-0.2, -0.15) is 0 Å². The molecule has 0 atom stereocenters. The third-order valence-corrected chi connectivity index (χ3v) is 2.76. The largest absolute Gasteiger partial charge is 0.574 e. The summed E-state index contributed by atoms with van der Waals surface area (Å²) in [4.78, 5) is 14.9. The fourth-order valence-electron chi connectivity index (χ4n) is 1.09. The van der Waals surface area contributed by atoms with Gasteiger partial charge in [0.05, 0.1) is 12.8 Å². The SMILES string of the molecule is COC(=O)c1cc(I)c(CN)nc1OC(F)(F)F. The molecule has 100 valence electrons. The summed E-state index contributed by atoms with van der Waals surface area (Å²) in [6.07, 6.45) is -4.95. The Morgan fingerprint density at radius 3 is 2.61 bits per heavy atom. The zero-order valence-corrected chi connectivity index (χ0v) is 11.2. The van der Waals surface area contributed by atoms with Crippen molar-refractivity contribution in [2.75, 3.05) is 7.11 Å². The van der Waals surface area contributed by atoms with E-state index in [2.05, 4.69) is 14.5 Å². The van der Waals surface area contributed by atoms with Gasteiger partial charge in [-0.15, -0.1) is 13.2 Å². The van der Waals surface area contributed by atoms with Crippen molar-refractivity contribution in [2.45, 2.75) is 12.9 Å². The molecule has 9 heteroatoms. The molecular formula is C9H8F3IN2O3. The van der Waals surface area contributed by atoms with Crippen LogP contribution in [0.3, 0.4) is 0 Å². The molecule has 1 heterocycles. The van der Waals surface area contributed by atoms with Gasteiger partial charge in [-0.1, -0.05) is 0 Å². The predicted molar refractivity (Wildman–Crippen MR) is 62.9 cm³/mol. The maximum absolute atomic E-state index is 12.2. The minimum Gasteiger partial charge on any atom is -0.465 e. The molecule has 18 heavy (non-hydrogen) atoms. The molecular weight excluding hydrogens is 368 g/mol. The molecule has 1 aromatic heterocycles. The first-order valence-electron chi connectivity index (χ1n) is 4.52. The van der Waals surface area contributed by atoms with E-state index in [1.807, 2.05) is 0 Å². The van der Waals surface area contributed by atoms with Crippen molar-refractivity contribution in [3.8, 4) is 5.88 Å². The third kappa shape index (κ3) is 3.70. The second-order valence-corrected chi connectivity index (χ2v) is 4.18. The van der Waals surface area contributed by atoms with Gasteiger partial charge in [0.15, 0.2) is 0 Å². The van der Waals surface area contributed by atoms with Crippen molar-refractivity contribution >= 4 is 28.6 Å². The van der Waals surface area contributed by atoms with E-state index in [0.29, 0.717) is 3.57 Å². The average Bonchev–Trinajstić information content (AvgIpc) is 2.28. The molecule has 0 aliphatic heterocycles. The topological polar surface area (TPSA) is 74.4 Å². The van der Waals surface area contributed by atoms with Gasteiger partial charge in [-0.3, -0.25) is 0 Å². The minimum atomic E-state index is -4.95. The third-order valence-electron chi connectivity index (χ3n) is 1.82. The Bertz CT molecular complexity index is 465. The number of esters is 1. The summed E-state index contributed by atoms with van der Waals surface area (Å²) in [6, 6.07) is 1.18. The lowest BCUT2D eigenvalue weighted by Crippen LogP contribution is -2.21. The molecule has 1 aromatic rings. The highest BCUT2D eigenvalue weighted by atomic mass is 127. The highest BCUT2D eigenvalue weighted by Gasteiger charge is 2.34. The van der Waals surface area contributed by atoms with Crippen molar-refractivity contribution in [3.05, 3.63) is 20.9 Å². The van der Waals surface area contributed by atoms with Crippen molar-refractivity contribution < 1.29 is 27.4 Å². The molecule has 0 saturated carbocycles. The first-order chi connectivity index (χ1) is 8.28. The van der Waals surface area contributed by atoms with Crippen LogP contribution in [0.25, 0.3) is 0 Å². The van der Waals surface area contributed by atoms with E-state index in [1.54, 1.807) is 22.6 Å². The monoisotopic (exact) mass is 376 g/mol. The number of hydrogen-bond acceptors (Lipinski definition) is 5. The maximum atomic E-state index is 12.2. The highest BCUT2D eigenvalue weighted by molar-refractivity contribution is 14.1. The molecule has 0 spiro atoms. The van der Waals surface area contributed by atoms with Crippen molar-refractivity contribution in [1.29, 1.82) is 0 Å². The molecule has 0 fully saturated rings. The zero-order chi connectivity index (χ0) is 13.9. The van der Waals surface area contributed by atoms with E-state index < -0.39 is 23.8 Å². The molecule has 0 amide bonds. The highest BCUT2D eigenvalue weighted by Crippen LogP contribution is 2.27. The van der Waals surface area contributed by atoms with E-state index in [1.165, 1.54) is 6.07 Å². The summed E-state index contributed by atoms with van der Waals surface area (Å²) < 4.78 is 45.0. The summed E-state index contributed by atoms with van der Waals surface area (Å²) >= 11 is 1.80. The van der Waals surface area contributed by atoms with Crippen LogP contribution in [0.15, 0.2) is 6.07 Å². The van der Waals surface area contributed by atoms with Crippen LogP contribution < -0.4 is 10.5 Å². The number of methoxy groups -OCH3 is 1. The predicted octanol–water partition coefficient (Wildman–Crippen LogP) is 1.83. The lowest BCUT2D eigenvalue weighted by atomic mass is 10.2. The number of alkyl halides is 3. The standard InChI is InChI=1S/C9H8F3IN2O3/c1-17-8(16)4-2-5(13)6(3-14)15-7(4)18-9(10,11)12/h2H,3,14H2,1H3. The van der Waals surface area contributed by atoms with Crippen molar-refractivity contribution in [1.82, 2.24) is 4.98 Å². The molecule has 0 aliphatic rings. The number of carbonyl (C=O) groups excluding carboxylic acids is 1. The Kier molecular flexibility index (Phi) is 4.73. The quantitative estimate of drug-likeness (QED) is 0.644. The van der Waals surface area contributed by atoms with Crippen LogP contribution >= 0.6 is 22.6 Å². The summed E-state index contributed by atoms with van der Waals surface area (Å²) in [5, 5.41) is 0. The van der Waals surface area contributed by atoms with Gasteiger partial charge >= 0.3 is 12.3 Å². The first-order valence-corrected chi connectivity index (χ1v) is 5.60. The number of halogens is 4.